The van der Waals surface area contributed by atoms with E-state index >= 15 is 0 Å². The fourth-order valence-electron chi connectivity index (χ4n) is 1.91. The summed E-state index contributed by atoms with van der Waals surface area (Å²) in [7, 11) is 1.66. The summed E-state index contributed by atoms with van der Waals surface area (Å²) in [4.78, 5) is 0. The van der Waals surface area contributed by atoms with Crippen LogP contribution in [0.15, 0.2) is 18.2 Å². The summed E-state index contributed by atoms with van der Waals surface area (Å²) in [5.41, 5.74) is 1.27. The Hall–Kier alpha value is -1.26. The molecule has 0 radical (unpaired) electrons. The van der Waals surface area contributed by atoms with Crippen molar-refractivity contribution < 1.29 is 14.2 Å². The van der Waals surface area contributed by atoms with E-state index in [1.807, 2.05) is 12.1 Å². The lowest BCUT2D eigenvalue weighted by Gasteiger charge is -2.21. The highest BCUT2D eigenvalue weighted by Crippen LogP contribution is 2.30. The lowest BCUT2D eigenvalue weighted by molar-refractivity contribution is 0.00865. The molecule has 4 heteroatoms. The first-order valence-electron chi connectivity index (χ1n) is 7.60. The molecule has 21 heavy (non-hydrogen) atoms. The number of benzene rings is 1. The smallest absolute Gasteiger partial charge is 0.189 e. The summed E-state index contributed by atoms with van der Waals surface area (Å²) in [6, 6.07) is 6.01. The Labute approximate surface area is 127 Å². The number of hydrogen-bond acceptors (Lipinski definition) is 4. The molecule has 0 saturated heterocycles. The van der Waals surface area contributed by atoms with Gasteiger partial charge in [-0.15, -0.1) is 0 Å². The first kappa shape index (κ1) is 16.1. The van der Waals surface area contributed by atoms with Crippen molar-refractivity contribution in [1.82, 2.24) is 5.32 Å². The van der Waals surface area contributed by atoms with Crippen LogP contribution < -0.4 is 14.8 Å². The van der Waals surface area contributed by atoms with E-state index in [0.717, 1.165) is 30.6 Å². The number of hydrogen-bond donors (Lipinski definition) is 1. The molecule has 4 nitrogen and oxygen atoms in total. The van der Waals surface area contributed by atoms with E-state index in [1.54, 1.807) is 7.11 Å². The Morgan fingerprint density at radius 1 is 1.19 bits per heavy atom. The van der Waals surface area contributed by atoms with Crippen LogP contribution in [-0.2, 0) is 11.3 Å². The van der Waals surface area contributed by atoms with Crippen molar-refractivity contribution in [3.63, 3.8) is 0 Å². The topological polar surface area (TPSA) is 39.7 Å². The molecular weight excluding hydrogens is 266 g/mol. The molecule has 0 bridgehead atoms. The van der Waals surface area contributed by atoms with Crippen molar-refractivity contribution in [1.29, 1.82) is 0 Å². The van der Waals surface area contributed by atoms with E-state index < -0.39 is 0 Å². The monoisotopic (exact) mass is 293 g/mol. The normalized spacial score (nSPS) is 15.0. The summed E-state index contributed by atoms with van der Waals surface area (Å²) in [5, 5.41) is 3.46. The zero-order chi connectivity index (χ0) is 15.3. The van der Waals surface area contributed by atoms with Gasteiger partial charge in [-0.25, -0.2) is 0 Å². The molecule has 2 rings (SSSR count). The summed E-state index contributed by atoms with van der Waals surface area (Å²) in [5.74, 6) is 2.23. The van der Waals surface area contributed by atoms with E-state index in [9.17, 15) is 0 Å². The highest BCUT2D eigenvalue weighted by atomic mass is 16.7. The van der Waals surface area contributed by atoms with Crippen LogP contribution in [0.5, 0.6) is 11.5 Å². The van der Waals surface area contributed by atoms with Crippen LogP contribution in [0, 0.1) is 5.92 Å². The average molecular weight is 293 g/mol. The summed E-state index contributed by atoms with van der Waals surface area (Å²) >= 11 is 0. The molecule has 0 atom stereocenters. The Balaban J connectivity index is 1.85. The second kappa shape index (κ2) is 7.14. The van der Waals surface area contributed by atoms with E-state index in [4.69, 9.17) is 14.2 Å². The standard InChI is InChI=1S/C17H27NO3/c1-17(2,3)18-10-14-7-8-15(16(9-14)19-4)21-12-20-11-13-5-6-13/h7-9,13,18H,5-6,10-12H2,1-4H3. The Morgan fingerprint density at radius 2 is 1.95 bits per heavy atom. The van der Waals surface area contributed by atoms with Crippen molar-refractivity contribution in [2.45, 2.75) is 45.7 Å². The van der Waals surface area contributed by atoms with Gasteiger partial charge in [-0.05, 0) is 57.2 Å². The van der Waals surface area contributed by atoms with Crippen LogP contribution >= 0.6 is 0 Å². The molecule has 0 heterocycles. The molecule has 1 N–H and O–H groups in total. The van der Waals surface area contributed by atoms with Crippen LogP contribution in [0.4, 0.5) is 0 Å². The molecule has 118 valence electrons. The van der Waals surface area contributed by atoms with Crippen molar-refractivity contribution in [2.75, 3.05) is 20.5 Å². The molecule has 1 fully saturated rings. The van der Waals surface area contributed by atoms with Gasteiger partial charge in [-0.2, -0.15) is 0 Å². The van der Waals surface area contributed by atoms with E-state index in [-0.39, 0.29) is 12.3 Å². The maximum atomic E-state index is 5.64. The van der Waals surface area contributed by atoms with Gasteiger partial charge in [0, 0.05) is 12.1 Å². The minimum absolute atomic E-state index is 0.0963. The lowest BCUT2D eigenvalue weighted by atomic mass is 10.1. The minimum Gasteiger partial charge on any atom is -0.493 e. The van der Waals surface area contributed by atoms with Gasteiger partial charge >= 0.3 is 0 Å². The second-order valence-corrected chi connectivity index (χ2v) is 6.67. The molecule has 1 saturated carbocycles. The molecule has 0 aromatic heterocycles. The van der Waals surface area contributed by atoms with E-state index in [1.165, 1.54) is 18.4 Å². The van der Waals surface area contributed by atoms with Crippen LogP contribution in [0.25, 0.3) is 0 Å². The number of methoxy groups -OCH3 is 1. The summed E-state index contributed by atoms with van der Waals surface area (Å²) in [6.45, 7) is 8.34. The summed E-state index contributed by atoms with van der Waals surface area (Å²) < 4.78 is 16.5. The largest absolute Gasteiger partial charge is 0.493 e. The maximum Gasteiger partial charge on any atom is 0.189 e. The molecule has 0 amide bonds. The minimum atomic E-state index is 0.0963. The quantitative estimate of drug-likeness (QED) is 0.589. The Kier molecular flexibility index (Phi) is 5.48. The molecule has 1 aliphatic carbocycles. The van der Waals surface area contributed by atoms with Crippen molar-refractivity contribution in [3.8, 4) is 11.5 Å². The molecule has 0 aliphatic heterocycles. The molecular formula is C17H27NO3. The third kappa shape index (κ3) is 5.94. The highest BCUT2D eigenvalue weighted by molar-refractivity contribution is 5.42. The number of nitrogens with one attached hydrogen (secondary N) is 1. The number of rotatable bonds is 8. The third-order valence-electron chi connectivity index (χ3n) is 3.40. The molecule has 1 aromatic carbocycles. The van der Waals surface area contributed by atoms with Gasteiger partial charge in [0.15, 0.2) is 18.3 Å². The average Bonchev–Trinajstić information content (AvgIpc) is 3.25. The highest BCUT2D eigenvalue weighted by Gasteiger charge is 2.21. The fraction of sp³-hybridized carbons (Fsp3) is 0.647. The van der Waals surface area contributed by atoms with Crippen molar-refractivity contribution >= 4 is 0 Å². The van der Waals surface area contributed by atoms with Gasteiger partial charge < -0.3 is 19.5 Å². The van der Waals surface area contributed by atoms with E-state index in [2.05, 4.69) is 32.2 Å². The number of ether oxygens (including phenoxy) is 3. The Bertz CT molecular complexity index is 450. The van der Waals surface area contributed by atoms with Gasteiger partial charge in [0.2, 0.25) is 0 Å². The SMILES string of the molecule is COc1cc(CNC(C)(C)C)ccc1OCOCC1CC1. The van der Waals surface area contributed by atoms with Crippen LogP contribution in [-0.4, -0.2) is 26.0 Å². The van der Waals surface area contributed by atoms with Crippen molar-refractivity contribution in [3.05, 3.63) is 23.8 Å². The predicted octanol–water partition coefficient (Wildman–Crippen LogP) is 3.35. The molecule has 0 spiro atoms. The van der Waals surface area contributed by atoms with Crippen LogP contribution in [0.3, 0.4) is 0 Å². The van der Waals surface area contributed by atoms with Crippen LogP contribution in [0.2, 0.25) is 0 Å². The first-order chi connectivity index (χ1) is 9.98. The molecule has 1 aliphatic rings. The molecule has 0 unspecified atom stereocenters. The Morgan fingerprint density at radius 3 is 2.57 bits per heavy atom. The van der Waals surface area contributed by atoms with Gasteiger partial charge in [0.05, 0.1) is 13.7 Å². The maximum absolute atomic E-state index is 5.64. The predicted molar refractivity (Wildman–Crippen MR) is 83.8 cm³/mol. The van der Waals surface area contributed by atoms with Gasteiger partial charge in [-0.3, -0.25) is 0 Å². The fourth-order valence-corrected chi connectivity index (χ4v) is 1.91. The zero-order valence-corrected chi connectivity index (χ0v) is 13.6. The zero-order valence-electron chi connectivity index (χ0n) is 13.6. The third-order valence-corrected chi connectivity index (χ3v) is 3.40. The van der Waals surface area contributed by atoms with Gasteiger partial charge in [-0.1, -0.05) is 6.07 Å². The first-order valence-corrected chi connectivity index (χ1v) is 7.60. The summed E-state index contributed by atoms with van der Waals surface area (Å²) in [6.07, 6.45) is 2.58. The van der Waals surface area contributed by atoms with Gasteiger partial charge in [0.1, 0.15) is 0 Å². The van der Waals surface area contributed by atoms with Crippen LogP contribution in [0.1, 0.15) is 39.2 Å². The van der Waals surface area contributed by atoms with Gasteiger partial charge in [0.25, 0.3) is 0 Å². The molecule has 1 aromatic rings. The lowest BCUT2D eigenvalue weighted by Crippen LogP contribution is -2.35. The van der Waals surface area contributed by atoms with E-state index in [0.29, 0.717) is 0 Å². The van der Waals surface area contributed by atoms with Crippen molar-refractivity contribution in [2.24, 2.45) is 5.92 Å². The second-order valence-electron chi connectivity index (χ2n) is 6.67.